The van der Waals surface area contributed by atoms with Crippen LogP contribution in [0.5, 0.6) is 0 Å². The minimum atomic E-state index is -3.64. The Bertz CT molecular complexity index is 7550. The van der Waals surface area contributed by atoms with E-state index in [1.807, 2.05) is 39.5 Å². The van der Waals surface area contributed by atoms with Crippen molar-refractivity contribution >= 4 is 97.4 Å². The number of ether oxygens (including phenoxy) is 1. The number of aliphatic hydroxyl groups excluding tert-OH is 1. The highest BCUT2D eigenvalue weighted by atomic mass is 32.2. The summed E-state index contributed by atoms with van der Waals surface area (Å²) in [6.45, 7) is 10.5. The number of nitrogens with one attached hydrogen (secondary N) is 3. The second-order valence-electron chi connectivity index (χ2n) is 36.1. The Morgan fingerprint density at radius 3 is 1.00 bits per heavy atom. The Morgan fingerprint density at radius 1 is 0.388 bits per heavy atom. The van der Waals surface area contributed by atoms with Crippen LogP contribution in [-0.2, 0) is 44.8 Å². The molecule has 20 heterocycles. The van der Waals surface area contributed by atoms with Gasteiger partial charge in [0.15, 0.2) is 28.2 Å². The van der Waals surface area contributed by atoms with Gasteiger partial charge in [-0.1, -0.05) is 0 Å². The highest BCUT2D eigenvalue weighted by Gasteiger charge is 2.51. The number of nitrogens with zero attached hydrogens (tertiary/aromatic N) is 30. The molecule has 780 valence electrons. The first-order valence-corrected chi connectivity index (χ1v) is 53.6. The van der Waals surface area contributed by atoms with Crippen LogP contribution >= 0.6 is 0 Å². The molecule has 5 saturated heterocycles. The number of hydrogen-bond acceptors (Lipinski definition) is 35. The molecule has 8 atom stereocenters. The summed E-state index contributed by atoms with van der Waals surface area (Å²) in [6.07, 6.45) is 12.2. The fourth-order valence-electron chi connectivity index (χ4n) is 18.2. The number of anilines is 5. The molecule has 1 aliphatic carbocycles. The summed E-state index contributed by atoms with van der Waals surface area (Å²) in [5, 5.41) is 34.1. The van der Waals surface area contributed by atoms with Crippen molar-refractivity contribution in [3.63, 3.8) is 0 Å². The third kappa shape index (κ3) is 24.8. The van der Waals surface area contributed by atoms with Crippen LogP contribution in [0.2, 0.25) is 0 Å². The van der Waals surface area contributed by atoms with Gasteiger partial charge in [0.1, 0.15) is 118 Å². The molecule has 21 rings (SSSR count). The molecule has 1 spiro atoms. The van der Waals surface area contributed by atoms with Gasteiger partial charge in [0, 0.05) is 125 Å². The minimum Gasteiger partial charge on any atom is -0.396 e. The molecule has 1 saturated carbocycles. The SMILES string of the molecule is CC1C(CO)CCCN1c1cc(-c2cnc3ccc(C(F)F)nn23)ncn1.CC1C(NS(C)(=O)=O)CCCN1c1cc(-c2cnc3ccc(C(F)F)nn23)ncn1.CC1C(NS(C)(=O)=O)CCCN1c1cc(-c2cnc3ccc(C(F)F)nn23)ncn1.CS(=O)(=O)NCC1CN(c2cc(-c3cnc4ccc(C(F)F)nn34)ncn2)CC2(CC2)O1.NS(=O)(=O)C1CCCN(c2cc(-c3cnc4ccc(C(F)F)nn34)ncn2)C1. The zero-order valence-electron chi connectivity index (χ0n) is 79.4. The van der Waals surface area contributed by atoms with Gasteiger partial charge in [-0.25, -0.2) is 194 Å². The quantitative estimate of drug-likeness (QED) is 0.0351. The third-order valence-electron chi connectivity index (χ3n) is 25.8. The molecule has 6 aliphatic rings. The van der Waals surface area contributed by atoms with E-state index in [9.17, 15) is 82.7 Å². The van der Waals surface area contributed by atoms with Gasteiger partial charge in [-0.3, -0.25) is 0 Å². The third-order valence-corrected chi connectivity index (χ3v) is 29.2. The van der Waals surface area contributed by atoms with Crippen molar-refractivity contribution < 1.29 is 87.4 Å². The van der Waals surface area contributed by atoms with Crippen LogP contribution in [0, 0.1) is 5.92 Å². The van der Waals surface area contributed by atoms with Gasteiger partial charge in [0.25, 0.3) is 32.1 Å². The van der Waals surface area contributed by atoms with Crippen LogP contribution in [0.4, 0.5) is 73.0 Å². The lowest BCUT2D eigenvalue weighted by Crippen LogP contribution is -2.54. The van der Waals surface area contributed by atoms with Gasteiger partial charge in [-0.2, -0.15) is 25.5 Å². The van der Waals surface area contributed by atoms with E-state index in [0.29, 0.717) is 154 Å². The number of rotatable bonds is 24. The summed E-state index contributed by atoms with van der Waals surface area (Å²) < 4.78 is 244. The summed E-state index contributed by atoms with van der Waals surface area (Å²) in [5.41, 5.74) is 4.95. The zero-order valence-corrected chi connectivity index (χ0v) is 82.7. The Kier molecular flexibility index (Phi) is 31.2. The maximum atomic E-state index is 13.1. The number of aromatic nitrogens is 25. The molecule has 0 aromatic carbocycles. The van der Waals surface area contributed by atoms with E-state index in [4.69, 9.17) is 9.88 Å². The fourth-order valence-corrected chi connectivity index (χ4v) is 21.3. The smallest absolute Gasteiger partial charge is 0.282 e. The van der Waals surface area contributed by atoms with Gasteiger partial charge in [0.2, 0.25) is 40.1 Å². The van der Waals surface area contributed by atoms with Crippen LogP contribution in [0.15, 0.2) is 154 Å². The maximum Gasteiger partial charge on any atom is 0.282 e. The number of fused-ring (bicyclic) bond motifs is 5. The first kappa shape index (κ1) is 105. The summed E-state index contributed by atoms with van der Waals surface area (Å²) >= 11 is 0. The lowest BCUT2D eigenvalue weighted by atomic mass is 9.91. The standard InChI is InChI=1S/C19H21F2N7O3S.2C18H21F2N7O2S.C18H20F2N6O.C16H17F2N7O2S/c1-32(29,30)25-7-12-9-27(10-19(31-12)4-5-19)17-6-14(23-11-24-17)15-8-22-16-3-2-13(18(20)21)26-28(15)16;2*1-11-12(25-30(2,28)29)4-3-7-26(11)17-8-14(22-10-23-17)15-9-21-16-6-5-13(18(19)20)24-27(15)16;1-11-12(9-27)3-2-6-25(11)17-7-14(22-10-23-17)15-8-21-16-5-4-13(18(19)20)24-26(15)16;17-16(18)11-3-4-14-20-7-13(25(14)23-11)12-6-15(22-9-21-12)24-5-1-2-10(8-24)28(19,26)27/h2-3,6,8,11-12,18,25H,4-5,7,9-10H2,1H3;2*5-6,8-12,18,25H,3-4,7H2,1-2H3;4-5,7-8,10-12,18,27H,2-3,6,9H2,1H3;3-4,6-7,9-10,16H,1-2,5,8H2,(H2,19,26,27). The predicted octanol–water partition coefficient (Wildman–Crippen LogP) is 9.57. The monoisotopic (exact) mass is 2120 g/mol. The van der Waals surface area contributed by atoms with Crippen molar-refractivity contribution in [3.05, 3.63) is 182 Å². The number of nitrogens with two attached hydrogens (primary N) is 1. The molecule has 15 aromatic heterocycles. The topological polar surface area (TPSA) is 524 Å². The summed E-state index contributed by atoms with van der Waals surface area (Å²) in [6, 6.07) is 21.8. The molecule has 6 N–H and O–H groups in total. The molecule has 0 radical (unpaired) electrons. The number of hydrogen-bond donors (Lipinski definition) is 5. The van der Waals surface area contributed by atoms with Crippen LogP contribution in [0.3, 0.4) is 0 Å². The highest BCUT2D eigenvalue weighted by Crippen LogP contribution is 2.45. The summed E-state index contributed by atoms with van der Waals surface area (Å²) in [7, 11) is -13.6. The fraction of sp³-hybridized carbons (Fsp3) is 0.438. The molecule has 44 nitrogen and oxygen atoms in total. The molecule has 0 amide bonds. The average Bonchev–Trinajstić information content (AvgIpc) is 1.61. The first-order chi connectivity index (χ1) is 70.1. The van der Waals surface area contributed by atoms with Crippen molar-refractivity contribution in [2.24, 2.45) is 11.1 Å². The Labute approximate surface area is 833 Å². The van der Waals surface area contributed by atoms with Crippen molar-refractivity contribution in [1.82, 2.24) is 137 Å². The minimum absolute atomic E-state index is 0.123. The van der Waals surface area contributed by atoms with Gasteiger partial charge in [-0.05, 0) is 146 Å². The van der Waals surface area contributed by atoms with E-state index in [1.54, 1.807) is 30.5 Å². The Morgan fingerprint density at radius 2 is 0.694 bits per heavy atom. The number of imidazole rings is 5. The molecule has 15 aromatic rings. The number of aliphatic hydroxyl groups is 1. The highest BCUT2D eigenvalue weighted by molar-refractivity contribution is 7.90. The van der Waals surface area contributed by atoms with Gasteiger partial charge in [-0.15, -0.1) is 0 Å². The van der Waals surface area contributed by atoms with E-state index in [1.165, 1.54) is 140 Å². The van der Waals surface area contributed by atoms with Crippen molar-refractivity contribution in [2.45, 2.75) is 164 Å². The normalized spacial score (nSPS) is 19.9. The number of sulfonamides is 4. The van der Waals surface area contributed by atoms with Crippen LogP contribution in [-0.4, -0.2) is 287 Å². The number of alkyl halides is 10. The Hall–Kier alpha value is -13.6. The second-order valence-corrected chi connectivity index (χ2v) is 43.3. The lowest BCUT2D eigenvalue weighted by molar-refractivity contribution is -0.0402. The number of halogens is 10. The van der Waals surface area contributed by atoms with Crippen molar-refractivity contribution in [1.29, 1.82) is 0 Å². The van der Waals surface area contributed by atoms with Gasteiger partial charge < -0.3 is 34.3 Å². The molecule has 147 heavy (non-hydrogen) atoms. The molecule has 58 heteroatoms. The summed E-state index contributed by atoms with van der Waals surface area (Å²) in [5.74, 6) is 3.33. The maximum absolute atomic E-state index is 13.1. The predicted molar refractivity (Wildman–Crippen MR) is 517 cm³/mol. The van der Waals surface area contributed by atoms with Crippen molar-refractivity contribution in [3.8, 4) is 56.9 Å². The van der Waals surface area contributed by atoms with Crippen LogP contribution in [0.25, 0.3) is 85.2 Å². The number of primary sulfonamides is 1. The van der Waals surface area contributed by atoms with Crippen molar-refractivity contribution in [2.75, 3.05) is 102 Å². The number of piperidine rings is 4. The molecule has 6 fully saturated rings. The average molecular weight is 2120 g/mol. The van der Waals surface area contributed by atoms with E-state index < -0.39 is 77.5 Å². The van der Waals surface area contributed by atoms with Gasteiger partial charge >= 0.3 is 0 Å². The van der Waals surface area contributed by atoms with Crippen LogP contribution < -0.4 is 43.8 Å². The first-order valence-electron chi connectivity index (χ1n) is 46.3. The lowest BCUT2D eigenvalue weighted by Gasteiger charge is -2.40. The molecular weight excluding hydrogens is 2020 g/mol. The molecule has 8 unspecified atom stereocenters. The van der Waals surface area contributed by atoms with E-state index in [2.05, 4.69) is 126 Å². The van der Waals surface area contributed by atoms with E-state index >= 15 is 0 Å². The summed E-state index contributed by atoms with van der Waals surface area (Å²) in [4.78, 5) is 74.1. The van der Waals surface area contributed by atoms with Crippen LogP contribution in [0.1, 0.15) is 146 Å². The molecule has 0 bridgehead atoms. The van der Waals surface area contributed by atoms with Gasteiger partial charge in [0.05, 0.1) is 95.2 Å². The molecular formula is C89H100F10N34O10S4. The van der Waals surface area contributed by atoms with E-state index in [-0.39, 0.29) is 96.0 Å². The second kappa shape index (κ2) is 43.8. The molecule has 5 aliphatic heterocycles. The zero-order chi connectivity index (χ0) is 104. The largest absolute Gasteiger partial charge is 0.396 e. The van der Waals surface area contributed by atoms with E-state index in [0.717, 1.165) is 82.5 Å². The Balaban J connectivity index is 0.000000126. The number of morpholine rings is 1.